The van der Waals surface area contributed by atoms with Crippen LogP contribution < -0.4 is 4.90 Å². The number of hydrogen-bond acceptors (Lipinski definition) is 4. The van der Waals surface area contributed by atoms with Crippen molar-refractivity contribution < 1.29 is 18.4 Å². The van der Waals surface area contributed by atoms with Gasteiger partial charge < -0.3 is 4.90 Å². The Morgan fingerprint density at radius 2 is 1.66 bits per heavy atom. The Bertz CT molecular complexity index is 1230. The Hall–Kier alpha value is -4.12. The minimum Gasteiger partial charge on any atom is -0.315 e. The summed E-state index contributed by atoms with van der Waals surface area (Å²) in [6.45, 7) is 1.66. The van der Waals surface area contributed by atoms with Crippen molar-refractivity contribution >= 4 is 17.6 Å². The molecule has 1 aromatic heterocycles. The normalized spacial score (nSPS) is 18.4. The zero-order chi connectivity index (χ0) is 22.9. The fourth-order valence-corrected chi connectivity index (χ4v) is 3.57. The van der Waals surface area contributed by atoms with Crippen LogP contribution in [0.2, 0.25) is 0 Å². The van der Waals surface area contributed by atoms with Crippen molar-refractivity contribution in [3.63, 3.8) is 0 Å². The minimum atomic E-state index is -1.08. The van der Waals surface area contributed by atoms with Gasteiger partial charge in [-0.05, 0) is 37.3 Å². The third kappa shape index (κ3) is 3.69. The van der Waals surface area contributed by atoms with Crippen LogP contribution in [0.1, 0.15) is 30.2 Å². The van der Waals surface area contributed by atoms with Crippen molar-refractivity contribution in [1.82, 2.24) is 14.9 Å². The molecule has 32 heavy (non-hydrogen) atoms. The lowest BCUT2D eigenvalue weighted by Crippen LogP contribution is -2.60. The van der Waals surface area contributed by atoms with E-state index in [-0.39, 0.29) is 12.0 Å². The Balaban J connectivity index is 1.68. The van der Waals surface area contributed by atoms with Crippen LogP contribution in [0.15, 0.2) is 61.1 Å². The van der Waals surface area contributed by atoms with Crippen molar-refractivity contribution in [2.75, 3.05) is 11.9 Å². The molecule has 1 atom stereocenters. The van der Waals surface area contributed by atoms with Crippen molar-refractivity contribution in [3.05, 3.63) is 89.5 Å². The molecule has 1 aliphatic rings. The Morgan fingerprint density at radius 3 is 2.28 bits per heavy atom. The van der Waals surface area contributed by atoms with E-state index >= 15 is 0 Å². The maximum absolute atomic E-state index is 14.9. The van der Waals surface area contributed by atoms with Crippen LogP contribution in [0.4, 0.5) is 19.3 Å². The number of carbonyl (C=O) groups excluding carboxylic acids is 2. The summed E-state index contributed by atoms with van der Waals surface area (Å²) in [5.74, 6) is 2.67. The molecule has 0 aliphatic carbocycles. The van der Waals surface area contributed by atoms with Crippen molar-refractivity contribution in [2.24, 2.45) is 0 Å². The molecule has 1 fully saturated rings. The molecule has 0 N–H and O–H groups in total. The number of benzene rings is 2. The molecule has 2 aromatic carbocycles. The maximum Gasteiger partial charge on any atom is 0.332 e. The first kappa shape index (κ1) is 21.1. The maximum atomic E-state index is 14.9. The van der Waals surface area contributed by atoms with Gasteiger partial charge in [0.25, 0.3) is 0 Å². The van der Waals surface area contributed by atoms with Gasteiger partial charge in [-0.2, -0.15) is 0 Å². The van der Waals surface area contributed by atoms with Gasteiger partial charge in [-0.1, -0.05) is 30.0 Å². The number of imide groups is 1. The van der Waals surface area contributed by atoms with Crippen molar-refractivity contribution in [3.8, 4) is 11.8 Å². The van der Waals surface area contributed by atoms with Crippen LogP contribution in [0.3, 0.4) is 0 Å². The molecule has 160 valence electrons. The summed E-state index contributed by atoms with van der Waals surface area (Å²) in [5.41, 5.74) is -0.583. The molecule has 0 spiro atoms. The Kier molecular flexibility index (Phi) is 5.41. The van der Waals surface area contributed by atoms with E-state index in [1.807, 2.05) is 6.07 Å². The third-order valence-corrected chi connectivity index (χ3v) is 5.46. The van der Waals surface area contributed by atoms with Crippen LogP contribution in [-0.4, -0.2) is 33.9 Å². The van der Waals surface area contributed by atoms with Crippen LogP contribution in [0.5, 0.6) is 0 Å². The Morgan fingerprint density at radius 1 is 1.00 bits per heavy atom. The highest BCUT2D eigenvalue weighted by Gasteiger charge is 2.48. The number of nitrogens with zero attached hydrogens (tertiary/aromatic N) is 4. The van der Waals surface area contributed by atoms with E-state index in [1.165, 1.54) is 24.5 Å². The second-order valence-corrected chi connectivity index (χ2v) is 7.52. The monoisotopic (exact) mass is 432 g/mol. The van der Waals surface area contributed by atoms with Crippen LogP contribution in [0.25, 0.3) is 0 Å². The number of urea groups is 1. The molecular formula is C24H18F2N4O2. The molecule has 0 radical (unpaired) electrons. The molecular weight excluding hydrogens is 414 g/mol. The summed E-state index contributed by atoms with van der Waals surface area (Å²) < 4.78 is 29.8. The molecule has 2 heterocycles. The smallest absolute Gasteiger partial charge is 0.315 e. The lowest BCUT2D eigenvalue weighted by molar-refractivity contribution is -0.122. The SMILES string of the molecule is CN1C(=O)N(c2c(F)cc(C#Cc3ccccc3)cc2F)C(=O)CC1(C)c1ccncn1. The fraction of sp³-hybridized carbons (Fsp3) is 0.167. The first-order valence-electron chi connectivity index (χ1n) is 9.74. The number of aromatic nitrogens is 2. The lowest BCUT2D eigenvalue weighted by atomic mass is 9.88. The van der Waals surface area contributed by atoms with Gasteiger partial charge in [0.1, 0.15) is 12.0 Å². The third-order valence-electron chi connectivity index (χ3n) is 5.46. The quantitative estimate of drug-likeness (QED) is 0.577. The highest BCUT2D eigenvalue weighted by atomic mass is 19.1. The molecule has 4 rings (SSSR count). The zero-order valence-corrected chi connectivity index (χ0v) is 17.3. The number of carbonyl (C=O) groups is 2. The average molecular weight is 432 g/mol. The zero-order valence-electron chi connectivity index (χ0n) is 17.3. The minimum absolute atomic E-state index is 0.0867. The number of halogens is 2. The van der Waals surface area contributed by atoms with E-state index < -0.39 is 34.8 Å². The van der Waals surface area contributed by atoms with Crippen LogP contribution in [0, 0.1) is 23.5 Å². The van der Waals surface area contributed by atoms with Gasteiger partial charge in [0.15, 0.2) is 11.6 Å². The highest BCUT2D eigenvalue weighted by Crippen LogP contribution is 2.38. The molecule has 8 heteroatoms. The number of anilines is 1. The molecule has 1 aliphatic heterocycles. The molecule has 1 saturated heterocycles. The largest absolute Gasteiger partial charge is 0.332 e. The summed E-state index contributed by atoms with van der Waals surface area (Å²) in [4.78, 5) is 35.7. The summed E-state index contributed by atoms with van der Waals surface area (Å²) in [7, 11) is 1.46. The van der Waals surface area contributed by atoms with E-state index in [4.69, 9.17) is 0 Å². The molecule has 6 nitrogen and oxygen atoms in total. The first-order chi connectivity index (χ1) is 15.3. The molecule has 0 bridgehead atoms. The number of hydrogen-bond donors (Lipinski definition) is 0. The van der Waals surface area contributed by atoms with E-state index in [2.05, 4.69) is 21.8 Å². The topological polar surface area (TPSA) is 66.4 Å². The van der Waals surface area contributed by atoms with E-state index in [0.717, 1.165) is 12.1 Å². The van der Waals surface area contributed by atoms with E-state index in [0.29, 0.717) is 16.2 Å². The molecule has 1 unspecified atom stereocenters. The number of amides is 3. The van der Waals surface area contributed by atoms with Crippen molar-refractivity contribution in [2.45, 2.75) is 18.9 Å². The van der Waals surface area contributed by atoms with Gasteiger partial charge in [-0.3, -0.25) is 4.79 Å². The second-order valence-electron chi connectivity index (χ2n) is 7.52. The summed E-state index contributed by atoms with van der Waals surface area (Å²) in [6.07, 6.45) is 2.60. The molecule has 0 saturated carbocycles. The second kappa shape index (κ2) is 8.19. The standard InChI is InChI=1S/C24H18F2N4O2/c1-24(20-10-11-27-15-28-20)14-21(31)30(23(32)29(24)2)22-18(25)12-17(13-19(22)26)9-8-16-6-4-3-5-7-16/h3-7,10-13,15H,14H2,1-2H3. The van der Waals surface area contributed by atoms with E-state index in [9.17, 15) is 18.4 Å². The van der Waals surface area contributed by atoms with Gasteiger partial charge in [0, 0.05) is 24.4 Å². The van der Waals surface area contributed by atoms with Gasteiger partial charge in [-0.15, -0.1) is 0 Å². The summed E-state index contributed by atoms with van der Waals surface area (Å²) in [5, 5.41) is 0. The van der Waals surface area contributed by atoms with E-state index in [1.54, 1.807) is 37.3 Å². The van der Waals surface area contributed by atoms with Gasteiger partial charge in [-0.25, -0.2) is 28.4 Å². The fourth-order valence-electron chi connectivity index (χ4n) is 3.57. The lowest BCUT2D eigenvalue weighted by Gasteiger charge is -2.45. The number of rotatable bonds is 2. The molecule has 3 amide bonds. The van der Waals surface area contributed by atoms with Gasteiger partial charge in [0.05, 0.1) is 17.7 Å². The first-order valence-corrected chi connectivity index (χ1v) is 9.74. The summed E-state index contributed by atoms with van der Waals surface area (Å²) in [6, 6.07) is 11.7. The predicted molar refractivity (Wildman–Crippen MR) is 113 cm³/mol. The molecule has 3 aromatic rings. The average Bonchev–Trinajstić information content (AvgIpc) is 2.79. The Labute approximate surface area is 183 Å². The van der Waals surface area contributed by atoms with Gasteiger partial charge in [0.2, 0.25) is 5.91 Å². The van der Waals surface area contributed by atoms with Crippen LogP contribution >= 0.6 is 0 Å². The van der Waals surface area contributed by atoms with Crippen molar-refractivity contribution in [1.29, 1.82) is 0 Å². The summed E-state index contributed by atoms with van der Waals surface area (Å²) >= 11 is 0. The highest BCUT2D eigenvalue weighted by molar-refractivity contribution is 6.16. The van der Waals surface area contributed by atoms with Gasteiger partial charge >= 0.3 is 6.03 Å². The van der Waals surface area contributed by atoms with Crippen LogP contribution in [-0.2, 0) is 10.3 Å². The predicted octanol–water partition coefficient (Wildman–Crippen LogP) is 3.86.